The summed E-state index contributed by atoms with van der Waals surface area (Å²) in [5.41, 5.74) is 0.684. The van der Waals surface area contributed by atoms with E-state index in [-0.39, 0.29) is 18.2 Å². The van der Waals surface area contributed by atoms with Crippen LogP contribution in [0.5, 0.6) is 0 Å². The molecule has 6 nitrogen and oxygen atoms in total. The largest absolute Gasteiger partial charge is 0.450 e. The molecule has 2 amide bonds. The number of ether oxygens (including phenoxy) is 2. The normalized spacial score (nSPS) is 9.63. The van der Waals surface area contributed by atoms with Gasteiger partial charge in [-0.2, -0.15) is 0 Å². The smallest absolute Gasteiger partial charge is 0.411 e. The van der Waals surface area contributed by atoms with Gasteiger partial charge in [-0.3, -0.25) is 10.6 Å². The summed E-state index contributed by atoms with van der Waals surface area (Å²) < 4.78 is 9.48. The third-order valence-electron chi connectivity index (χ3n) is 2.02. The van der Waals surface area contributed by atoms with Crippen LogP contribution >= 0.6 is 11.6 Å². The topological polar surface area (TPSA) is 76.7 Å². The van der Waals surface area contributed by atoms with Crippen molar-refractivity contribution in [3.63, 3.8) is 0 Å². The number of hydrogen-bond donors (Lipinski definition) is 2. The second-order valence-corrected chi connectivity index (χ2v) is 3.74. The summed E-state index contributed by atoms with van der Waals surface area (Å²) >= 11 is 6.06. The van der Waals surface area contributed by atoms with E-state index in [1.165, 1.54) is 0 Å². The van der Waals surface area contributed by atoms with Crippen molar-refractivity contribution in [2.75, 3.05) is 23.8 Å². The van der Waals surface area contributed by atoms with E-state index in [1.807, 2.05) is 0 Å². The highest BCUT2D eigenvalue weighted by Gasteiger charge is 2.11. The number of anilines is 2. The molecule has 1 aromatic rings. The lowest BCUT2D eigenvalue weighted by atomic mass is 10.3. The number of carbonyl (C=O) groups excluding carboxylic acids is 2. The van der Waals surface area contributed by atoms with E-state index in [2.05, 4.69) is 10.6 Å². The van der Waals surface area contributed by atoms with Crippen molar-refractivity contribution in [1.29, 1.82) is 0 Å². The molecule has 0 atom stereocenters. The van der Waals surface area contributed by atoms with Gasteiger partial charge in [0.2, 0.25) is 0 Å². The van der Waals surface area contributed by atoms with Gasteiger partial charge in [-0.15, -0.1) is 0 Å². The maximum Gasteiger partial charge on any atom is 0.411 e. The van der Waals surface area contributed by atoms with Crippen molar-refractivity contribution in [3.8, 4) is 0 Å². The van der Waals surface area contributed by atoms with Crippen LogP contribution in [0.15, 0.2) is 18.2 Å². The molecule has 2 N–H and O–H groups in total. The second-order valence-electron chi connectivity index (χ2n) is 3.36. The summed E-state index contributed by atoms with van der Waals surface area (Å²) in [5.74, 6) is 0. The number of amides is 2. The molecule has 1 aromatic carbocycles. The number of hydrogen-bond acceptors (Lipinski definition) is 4. The molecule has 1 rings (SSSR count). The van der Waals surface area contributed by atoms with Crippen molar-refractivity contribution in [2.24, 2.45) is 0 Å². The lowest BCUT2D eigenvalue weighted by Gasteiger charge is -2.11. The minimum atomic E-state index is -0.613. The van der Waals surface area contributed by atoms with E-state index in [4.69, 9.17) is 21.1 Å². The molecule has 0 radical (unpaired) electrons. The van der Waals surface area contributed by atoms with Crippen LogP contribution in [-0.4, -0.2) is 25.4 Å². The number of carbonyl (C=O) groups is 2. The molecule has 0 spiro atoms. The summed E-state index contributed by atoms with van der Waals surface area (Å²) in [6.07, 6.45) is -1.23. The first-order chi connectivity index (χ1) is 9.08. The predicted octanol–water partition coefficient (Wildman–Crippen LogP) is 3.48. The van der Waals surface area contributed by atoms with Crippen LogP contribution < -0.4 is 10.6 Å². The zero-order valence-corrected chi connectivity index (χ0v) is 11.4. The first-order valence-electron chi connectivity index (χ1n) is 5.74. The molecule has 0 heterocycles. The fourth-order valence-electron chi connectivity index (χ4n) is 1.28. The first-order valence-corrected chi connectivity index (χ1v) is 6.12. The van der Waals surface area contributed by atoms with Crippen LogP contribution in [0.1, 0.15) is 13.8 Å². The third-order valence-corrected chi connectivity index (χ3v) is 2.43. The van der Waals surface area contributed by atoms with Crippen molar-refractivity contribution in [3.05, 3.63) is 23.2 Å². The van der Waals surface area contributed by atoms with Crippen LogP contribution in [0.2, 0.25) is 5.02 Å². The van der Waals surface area contributed by atoms with Gasteiger partial charge in [-0.05, 0) is 26.0 Å². The number of rotatable bonds is 4. The Morgan fingerprint density at radius 1 is 1.05 bits per heavy atom. The van der Waals surface area contributed by atoms with Gasteiger partial charge in [0.15, 0.2) is 0 Å². The monoisotopic (exact) mass is 286 g/mol. The highest BCUT2D eigenvalue weighted by atomic mass is 35.5. The standard InChI is InChI=1S/C12H15ClN2O4/c1-3-18-11(16)14-8-6-5-7-9(10(8)13)15-12(17)19-4-2/h5-7H,3-4H2,1-2H3,(H,14,16)(H,15,17). The van der Waals surface area contributed by atoms with Gasteiger partial charge in [0.1, 0.15) is 0 Å². The number of halogens is 1. The van der Waals surface area contributed by atoms with E-state index in [0.717, 1.165) is 0 Å². The van der Waals surface area contributed by atoms with E-state index in [9.17, 15) is 9.59 Å². The van der Waals surface area contributed by atoms with Gasteiger partial charge in [0.05, 0.1) is 29.6 Å². The molecule has 7 heteroatoms. The number of benzene rings is 1. The molecule has 0 bridgehead atoms. The van der Waals surface area contributed by atoms with Crippen LogP contribution in [0, 0.1) is 0 Å². The summed E-state index contributed by atoms with van der Waals surface area (Å²) in [6.45, 7) is 3.90. The van der Waals surface area contributed by atoms with Gasteiger partial charge in [0, 0.05) is 0 Å². The van der Waals surface area contributed by atoms with Crippen molar-refractivity contribution in [1.82, 2.24) is 0 Å². The SMILES string of the molecule is CCOC(=O)Nc1cccc(NC(=O)OCC)c1Cl. The average Bonchev–Trinajstić information content (AvgIpc) is 2.35. The van der Waals surface area contributed by atoms with Crippen molar-refractivity contribution in [2.45, 2.75) is 13.8 Å². The highest BCUT2D eigenvalue weighted by molar-refractivity contribution is 6.36. The molecular formula is C12H15ClN2O4. The molecule has 0 unspecified atom stereocenters. The van der Waals surface area contributed by atoms with Crippen LogP contribution in [0.4, 0.5) is 21.0 Å². The Hall–Kier alpha value is -1.95. The van der Waals surface area contributed by atoms with E-state index in [0.29, 0.717) is 11.4 Å². The molecule has 104 valence electrons. The fourth-order valence-corrected chi connectivity index (χ4v) is 1.50. The fraction of sp³-hybridized carbons (Fsp3) is 0.333. The first kappa shape index (κ1) is 15.1. The minimum Gasteiger partial charge on any atom is -0.450 e. The summed E-state index contributed by atoms with van der Waals surface area (Å²) in [4.78, 5) is 22.6. The zero-order chi connectivity index (χ0) is 14.3. The molecule has 0 aliphatic rings. The van der Waals surface area contributed by atoms with Crippen molar-refractivity contribution >= 4 is 35.2 Å². The summed E-state index contributed by atoms with van der Waals surface area (Å²) in [5, 5.41) is 5.14. The molecule has 0 aromatic heterocycles. The van der Waals surface area contributed by atoms with Gasteiger partial charge in [-0.25, -0.2) is 9.59 Å². The average molecular weight is 287 g/mol. The van der Waals surface area contributed by atoms with Crippen LogP contribution in [-0.2, 0) is 9.47 Å². The maximum atomic E-state index is 11.3. The van der Waals surface area contributed by atoms with Crippen LogP contribution in [0.25, 0.3) is 0 Å². The molecule has 19 heavy (non-hydrogen) atoms. The second kappa shape index (κ2) is 7.48. The maximum absolute atomic E-state index is 11.3. The Labute approximate surface area is 116 Å². The Morgan fingerprint density at radius 2 is 1.47 bits per heavy atom. The van der Waals surface area contributed by atoms with E-state index < -0.39 is 12.2 Å². The molecular weight excluding hydrogens is 272 g/mol. The minimum absolute atomic E-state index is 0.198. The molecule has 0 fully saturated rings. The van der Waals surface area contributed by atoms with Gasteiger partial charge >= 0.3 is 12.2 Å². The molecule has 0 aliphatic heterocycles. The van der Waals surface area contributed by atoms with Gasteiger partial charge in [-0.1, -0.05) is 17.7 Å². The number of nitrogens with one attached hydrogen (secondary N) is 2. The lowest BCUT2D eigenvalue weighted by molar-refractivity contribution is 0.167. The Kier molecular flexibility index (Phi) is 5.95. The summed E-state index contributed by atoms with van der Waals surface area (Å²) in [7, 11) is 0. The Morgan fingerprint density at radius 3 is 1.84 bits per heavy atom. The Bertz CT molecular complexity index is 427. The van der Waals surface area contributed by atoms with Crippen LogP contribution in [0.3, 0.4) is 0 Å². The van der Waals surface area contributed by atoms with E-state index in [1.54, 1.807) is 32.0 Å². The van der Waals surface area contributed by atoms with E-state index >= 15 is 0 Å². The quantitative estimate of drug-likeness (QED) is 0.888. The predicted molar refractivity (Wildman–Crippen MR) is 72.7 cm³/mol. The summed E-state index contributed by atoms with van der Waals surface area (Å²) in [6, 6.07) is 4.82. The van der Waals surface area contributed by atoms with Gasteiger partial charge in [0.25, 0.3) is 0 Å². The third kappa shape index (κ3) is 4.67. The zero-order valence-electron chi connectivity index (χ0n) is 10.7. The Balaban J connectivity index is 2.80. The lowest BCUT2D eigenvalue weighted by Crippen LogP contribution is -2.16. The van der Waals surface area contributed by atoms with Gasteiger partial charge < -0.3 is 9.47 Å². The molecule has 0 saturated carbocycles. The molecule has 0 saturated heterocycles. The van der Waals surface area contributed by atoms with Crippen molar-refractivity contribution < 1.29 is 19.1 Å². The highest BCUT2D eigenvalue weighted by Crippen LogP contribution is 2.30. The molecule has 0 aliphatic carbocycles.